The van der Waals surface area contributed by atoms with Crippen LogP contribution in [0.4, 0.5) is 17.5 Å². The highest BCUT2D eigenvalue weighted by molar-refractivity contribution is 6.34. The summed E-state index contributed by atoms with van der Waals surface area (Å²) >= 11 is 6.17. The van der Waals surface area contributed by atoms with Crippen molar-refractivity contribution in [3.05, 3.63) is 59.4 Å². The van der Waals surface area contributed by atoms with Crippen LogP contribution in [0.25, 0.3) is 11.3 Å². The minimum Gasteiger partial charge on any atom is -0.368 e. The average molecular weight is 367 g/mol. The molecule has 0 aliphatic carbocycles. The predicted octanol–water partition coefficient (Wildman–Crippen LogP) is 3.09. The molecule has 0 radical (unpaired) electrons. The molecule has 26 heavy (non-hydrogen) atoms. The number of carbonyl (C=O) groups is 1. The Morgan fingerprint density at radius 1 is 0.962 bits per heavy atom. The fourth-order valence-corrected chi connectivity index (χ4v) is 2.84. The molecule has 1 amide bonds. The number of hydrogen-bond donors (Lipinski definition) is 3. The Hall–Kier alpha value is -3.19. The van der Waals surface area contributed by atoms with E-state index in [1.54, 1.807) is 30.6 Å². The van der Waals surface area contributed by atoms with E-state index in [2.05, 4.69) is 30.9 Å². The molecule has 6 bridgehead atoms. The van der Waals surface area contributed by atoms with Gasteiger partial charge in [-0.25, -0.2) is 15.0 Å². The number of pyridine rings is 1. The van der Waals surface area contributed by atoms with E-state index in [1.807, 2.05) is 18.2 Å². The van der Waals surface area contributed by atoms with Crippen LogP contribution in [0.1, 0.15) is 10.4 Å². The van der Waals surface area contributed by atoms with Crippen molar-refractivity contribution in [2.75, 3.05) is 23.7 Å². The first-order valence-electron chi connectivity index (χ1n) is 8.07. The first kappa shape index (κ1) is 16.3. The summed E-state index contributed by atoms with van der Waals surface area (Å²) < 4.78 is 0. The summed E-state index contributed by atoms with van der Waals surface area (Å²) in [6, 6.07) is 10.8. The first-order valence-corrected chi connectivity index (χ1v) is 8.45. The smallest absolute Gasteiger partial charge is 0.252 e. The number of rotatable bonds is 0. The molecule has 0 spiro atoms. The van der Waals surface area contributed by atoms with Gasteiger partial charge in [-0.1, -0.05) is 11.6 Å². The molecule has 3 aromatic rings. The Bertz CT molecular complexity index is 977. The van der Waals surface area contributed by atoms with Gasteiger partial charge < -0.3 is 16.0 Å². The van der Waals surface area contributed by atoms with E-state index in [0.29, 0.717) is 41.1 Å². The zero-order valence-corrected chi connectivity index (χ0v) is 14.4. The fourth-order valence-electron chi connectivity index (χ4n) is 2.63. The van der Waals surface area contributed by atoms with Gasteiger partial charge in [0.15, 0.2) is 0 Å². The second kappa shape index (κ2) is 6.97. The maximum absolute atomic E-state index is 12.4. The Labute approximate surface area is 154 Å². The summed E-state index contributed by atoms with van der Waals surface area (Å²) in [5.41, 5.74) is 2.76. The summed E-state index contributed by atoms with van der Waals surface area (Å²) in [7, 11) is 0. The van der Waals surface area contributed by atoms with Gasteiger partial charge in [-0.05, 0) is 36.4 Å². The third-order valence-corrected chi connectivity index (χ3v) is 4.22. The lowest BCUT2D eigenvalue weighted by Gasteiger charge is -2.10. The molecule has 2 aromatic heterocycles. The van der Waals surface area contributed by atoms with Crippen LogP contribution in [-0.2, 0) is 0 Å². The van der Waals surface area contributed by atoms with E-state index in [0.717, 1.165) is 11.3 Å². The van der Waals surface area contributed by atoms with Gasteiger partial charge in [0.25, 0.3) is 5.91 Å². The Morgan fingerprint density at radius 2 is 1.81 bits per heavy atom. The van der Waals surface area contributed by atoms with Gasteiger partial charge in [0.1, 0.15) is 5.82 Å². The highest BCUT2D eigenvalue weighted by atomic mass is 35.5. The maximum atomic E-state index is 12.4. The molecule has 1 aromatic carbocycles. The highest BCUT2D eigenvalue weighted by Crippen LogP contribution is 2.24. The van der Waals surface area contributed by atoms with Gasteiger partial charge in [0.05, 0.1) is 16.3 Å². The van der Waals surface area contributed by atoms with Gasteiger partial charge in [-0.15, -0.1) is 0 Å². The maximum Gasteiger partial charge on any atom is 0.252 e. The monoisotopic (exact) mass is 366 g/mol. The summed E-state index contributed by atoms with van der Waals surface area (Å²) in [4.78, 5) is 25.5. The summed E-state index contributed by atoms with van der Waals surface area (Å²) in [5.74, 6) is 0.891. The van der Waals surface area contributed by atoms with Gasteiger partial charge in [0, 0.05) is 36.7 Å². The van der Waals surface area contributed by atoms with Gasteiger partial charge in [-0.2, -0.15) is 0 Å². The largest absolute Gasteiger partial charge is 0.368 e. The van der Waals surface area contributed by atoms with E-state index >= 15 is 0 Å². The van der Waals surface area contributed by atoms with Gasteiger partial charge >= 0.3 is 0 Å². The number of nitrogens with zero attached hydrogens (tertiary/aromatic N) is 3. The van der Waals surface area contributed by atoms with E-state index in [-0.39, 0.29) is 5.91 Å². The average Bonchev–Trinajstić information content (AvgIpc) is 2.66. The summed E-state index contributed by atoms with van der Waals surface area (Å²) in [6.45, 7) is 0.971. The van der Waals surface area contributed by atoms with Crippen LogP contribution in [0.5, 0.6) is 0 Å². The number of halogens is 1. The molecule has 7 nitrogen and oxygen atoms in total. The Balaban J connectivity index is 1.78. The van der Waals surface area contributed by atoms with Crippen molar-refractivity contribution in [3.8, 4) is 11.3 Å². The van der Waals surface area contributed by atoms with Gasteiger partial charge in [0.2, 0.25) is 5.95 Å². The van der Waals surface area contributed by atoms with Crippen LogP contribution in [-0.4, -0.2) is 33.9 Å². The summed E-state index contributed by atoms with van der Waals surface area (Å²) in [5, 5.41) is 9.53. The van der Waals surface area contributed by atoms with Crippen molar-refractivity contribution in [2.45, 2.75) is 0 Å². The zero-order valence-electron chi connectivity index (χ0n) is 13.7. The molecule has 1 aliphatic rings. The number of carbonyl (C=O) groups excluding carboxylic acids is 1. The van der Waals surface area contributed by atoms with Crippen LogP contribution in [0, 0.1) is 0 Å². The molecule has 8 heteroatoms. The SMILES string of the molecule is O=C1NCCNc2cc(ccn2)-c2ccnc(n2)Nc2ccc(Cl)c1c2. The molecule has 130 valence electrons. The molecular weight excluding hydrogens is 352 g/mol. The molecule has 0 saturated heterocycles. The van der Waals surface area contributed by atoms with Crippen molar-refractivity contribution in [3.63, 3.8) is 0 Å². The lowest BCUT2D eigenvalue weighted by atomic mass is 10.2. The number of hydrogen-bond acceptors (Lipinski definition) is 6. The summed E-state index contributed by atoms with van der Waals surface area (Å²) in [6.07, 6.45) is 3.40. The third-order valence-electron chi connectivity index (χ3n) is 3.90. The number of benzene rings is 1. The topological polar surface area (TPSA) is 91.8 Å². The lowest BCUT2D eigenvalue weighted by molar-refractivity contribution is 0.0955. The molecule has 0 atom stereocenters. The minimum atomic E-state index is -0.244. The van der Waals surface area contributed by atoms with Crippen molar-refractivity contribution in [1.82, 2.24) is 20.3 Å². The molecule has 0 saturated carbocycles. The Morgan fingerprint density at radius 3 is 2.73 bits per heavy atom. The van der Waals surface area contributed by atoms with E-state index in [4.69, 9.17) is 11.6 Å². The van der Waals surface area contributed by atoms with Crippen LogP contribution < -0.4 is 16.0 Å². The van der Waals surface area contributed by atoms with E-state index < -0.39 is 0 Å². The minimum absolute atomic E-state index is 0.244. The predicted molar refractivity (Wildman–Crippen MR) is 101 cm³/mol. The van der Waals surface area contributed by atoms with E-state index in [1.165, 1.54) is 0 Å². The van der Waals surface area contributed by atoms with E-state index in [9.17, 15) is 4.79 Å². The van der Waals surface area contributed by atoms with Crippen LogP contribution in [0.3, 0.4) is 0 Å². The standard InChI is InChI=1S/C18H15ClN6O/c19-14-2-1-12-10-13(14)17(26)22-8-7-21-16-9-11(3-5-20-16)15-4-6-23-18(24-12)25-15/h1-6,9-10H,7-8H2,(H,20,21)(H,22,26)(H,23,24,25). The highest BCUT2D eigenvalue weighted by Gasteiger charge is 2.12. The van der Waals surface area contributed by atoms with Crippen LogP contribution >= 0.6 is 11.6 Å². The van der Waals surface area contributed by atoms with Crippen LogP contribution in [0.15, 0.2) is 48.8 Å². The van der Waals surface area contributed by atoms with Crippen LogP contribution in [0.2, 0.25) is 5.02 Å². The number of anilines is 3. The van der Waals surface area contributed by atoms with Crippen molar-refractivity contribution < 1.29 is 4.79 Å². The number of fused-ring (bicyclic) bond motifs is 7. The molecular formula is C18H15ClN6O. The molecule has 3 heterocycles. The quantitative estimate of drug-likeness (QED) is 0.566. The van der Waals surface area contributed by atoms with Crippen molar-refractivity contribution in [2.24, 2.45) is 0 Å². The normalized spacial score (nSPS) is 13.5. The fraction of sp³-hybridized carbons (Fsp3) is 0.111. The van der Waals surface area contributed by atoms with Crippen molar-refractivity contribution in [1.29, 1.82) is 0 Å². The number of nitrogens with one attached hydrogen (secondary N) is 3. The molecule has 1 aliphatic heterocycles. The third kappa shape index (κ3) is 3.43. The zero-order chi connectivity index (χ0) is 17.9. The van der Waals surface area contributed by atoms with Crippen molar-refractivity contribution >= 4 is 35.0 Å². The number of aromatic nitrogens is 3. The molecule has 3 N–H and O–H groups in total. The second-order valence-electron chi connectivity index (χ2n) is 5.70. The lowest BCUT2D eigenvalue weighted by Crippen LogP contribution is -2.29. The van der Waals surface area contributed by atoms with Gasteiger partial charge in [-0.3, -0.25) is 4.79 Å². The molecule has 0 unspecified atom stereocenters. The molecule has 4 rings (SSSR count). The number of amides is 1. The molecule has 0 fully saturated rings. The Kier molecular flexibility index (Phi) is 4.37. The second-order valence-corrected chi connectivity index (χ2v) is 6.10. The first-order chi connectivity index (χ1) is 12.7.